The molecule has 2 N–H and O–H groups in total. The molecule has 2 fully saturated rings. The summed E-state index contributed by atoms with van der Waals surface area (Å²) in [5, 5.41) is 0. The van der Waals surface area contributed by atoms with Gasteiger partial charge in [-0.25, -0.2) is 0 Å². The molecule has 1 aromatic rings. The molecule has 1 aromatic carbocycles. The average molecular weight is 287 g/mol. The zero-order chi connectivity index (χ0) is 15.0. The summed E-state index contributed by atoms with van der Waals surface area (Å²) in [5.41, 5.74) is 7.63. The van der Waals surface area contributed by atoms with Gasteiger partial charge in [0.25, 0.3) is 0 Å². The Labute approximate surface area is 126 Å². The number of rotatable bonds is 3. The van der Waals surface area contributed by atoms with E-state index in [-0.39, 0.29) is 18.0 Å². The van der Waals surface area contributed by atoms with Gasteiger partial charge < -0.3 is 10.6 Å². The molecular weight excluding hydrogens is 262 g/mol. The second-order valence-corrected chi connectivity index (χ2v) is 6.56. The molecule has 0 saturated carbocycles. The summed E-state index contributed by atoms with van der Waals surface area (Å²) in [6.45, 7) is 6.77. The smallest absolute Gasteiger partial charge is 0.240 e. The van der Waals surface area contributed by atoms with Crippen LogP contribution in [0.2, 0.25) is 0 Å². The van der Waals surface area contributed by atoms with E-state index >= 15 is 0 Å². The number of nitrogens with zero attached hydrogens (tertiary/aromatic N) is 2. The van der Waals surface area contributed by atoms with Gasteiger partial charge in [-0.1, -0.05) is 30.3 Å². The normalized spacial score (nSPS) is 30.6. The van der Waals surface area contributed by atoms with E-state index in [0.717, 1.165) is 26.1 Å². The molecule has 3 rings (SSSR count). The van der Waals surface area contributed by atoms with E-state index < -0.39 is 0 Å². The molecule has 0 bridgehead atoms. The molecule has 0 aliphatic carbocycles. The van der Waals surface area contributed by atoms with Gasteiger partial charge in [0.2, 0.25) is 5.91 Å². The van der Waals surface area contributed by atoms with E-state index in [2.05, 4.69) is 43.0 Å². The van der Waals surface area contributed by atoms with E-state index in [1.165, 1.54) is 5.56 Å². The summed E-state index contributed by atoms with van der Waals surface area (Å²) >= 11 is 0. The maximum atomic E-state index is 12.5. The molecule has 4 heteroatoms. The van der Waals surface area contributed by atoms with Crippen molar-refractivity contribution >= 4 is 5.91 Å². The molecule has 0 aromatic heterocycles. The summed E-state index contributed by atoms with van der Waals surface area (Å²) < 4.78 is 0. The zero-order valence-corrected chi connectivity index (χ0v) is 12.9. The van der Waals surface area contributed by atoms with Crippen molar-refractivity contribution in [2.75, 3.05) is 19.6 Å². The minimum atomic E-state index is 0.0344. The van der Waals surface area contributed by atoms with Crippen molar-refractivity contribution in [1.29, 1.82) is 0 Å². The lowest BCUT2D eigenvalue weighted by atomic mass is 9.95. The fourth-order valence-electron chi connectivity index (χ4n) is 3.71. The predicted octanol–water partition coefficient (Wildman–Crippen LogP) is 1.42. The second-order valence-electron chi connectivity index (χ2n) is 6.56. The van der Waals surface area contributed by atoms with Gasteiger partial charge in [0.15, 0.2) is 0 Å². The van der Waals surface area contributed by atoms with Crippen molar-refractivity contribution in [3.8, 4) is 0 Å². The summed E-state index contributed by atoms with van der Waals surface area (Å²) in [4.78, 5) is 16.8. The first-order valence-electron chi connectivity index (χ1n) is 7.93. The van der Waals surface area contributed by atoms with Gasteiger partial charge in [0.1, 0.15) is 0 Å². The Morgan fingerprint density at radius 2 is 1.90 bits per heavy atom. The molecule has 114 valence electrons. The molecule has 21 heavy (non-hydrogen) atoms. The molecule has 2 heterocycles. The molecule has 2 saturated heterocycles. The van der Waals surface area contributed by atoms with Crippen LogP contribution in [0.1, 0.15) is 31.7 Å². The lowest BCUT2D eigenvalue weighted by Gasteiger charge is -2.25. The van der Waals surface area contributed by atoms with Crippen LogP contribution in [0.3, 0.4) is 0 Å². The van der Waals surface area contributed by atoms with Crippen molar-refractivity contribution in [2.45, 2.75) is 44.3 Å². The fraction of sp³-hybridized carbons (Fsp3) is 0.588. The van der Waals surface area contributed by atoms with Crippen molar-refractivity contribution in [1.82, 2.24) is 9.80 Å². The number of carbonyl (C=O) groups is 1. The lowest BCUT2D eigenvalue weighted by Crippen LogP contribution is -2.43. The van der Waals surface area contributed by atoms with Crippen LogP contribution in [0.4, 0.5) is 0 Å². The Morgan fingerprint density at radius 3 is 2.52 bits per heavy atom. The molecule has 3 atom stereocenters. The van der Waals surface area contributed by atoms with Crippen molar-refractivity contribution in [3.05, 3.63) is 35.9 Å². The van der Waals surface area contributed by atoms with Crippen LogP contribution in [-0.2, 0) is 4.79 Å². The molecule has 1 amide bonds. The Morgan fingerprint density at radius 1 is 1.19 bits per heavy atom. The summed E-state index contributed by atoms with van der Waals surface area (Å²) in [7, 11) is 0. The van der Waals surface area contributed by atoms with E-state index in [9.17, 15) is 4.79 Å². The van der Waals surface area contributed by atoms with Crippen molar-refractivity contribution in [3.63, 3.8) is 0 Å². The largest absolute Gasteiger partial charge is 0.339 e. The predicted molar refractivity (Wildman–Crippen MR) is 84.0 cm³/mol. The Bertz CT molecular complexity index is 502. The molecule has 4 nitrogen and oxygen atoms in total. The van der Waals surface area contributed by atoms with Gasteiger partial charge >= 0.3 is 0 Å². The van der Waals surface area contributed by atoms with E-state index in [0.29, 0.717) is 12.0 Å². The van der Waals surface area contributed by atoms with Gasteiger partial charge in [-0.3, -0.25) is 9.69 Å². The highest BCUT2D eigenvalue weighted by Gasteiger charge is 2.42. The fourth-order valence-corrected chi connectivity index (χ4v) is 3.71. The topological polar surface area (TPSA) is 49.6 Å². The van der Waals surface area contributed by atoms with Crippen molar-refractivity contribution in [2.24, 2.45) is 5.73 Å². The van der Waals surface area contributed by atoms with Gasteiger partial charge in [0, 0.05) is 37.6 Å². The van der Waals surface area contributed by atoms with Crippen LogP contribution >= 0.6 is 0 Å². The zero-order valence-electron chi connectivity index (χ0n) is 12.9. The second kappa shape index (κ2) is 5.78. The van der Waals surface area contributed by atoms with Crippen LogP contribution < -0.4 is 5.73 Å². The third-order valence-electron chi connectivity index (χ3n) is 4.90. The maximum absolute atomic E-state index is 12.5. The molecule has 0 spiro atoms. The number of benzene rings is 1. The molecule has 1 unspecified atom stereocenters. The van der Waals surface area contributed by atoms with Crippen LogP contribution in [0, 0.1) is 0 Å². The minimum absolute atomic E-state index is 0.0344. The third-order valence-corrected chi connectivity index (χ3v) is 4.90. The van der Waals surface area contributed by atoms with Crippen LogP contribution in [-0.4, -0.2) is 53.5 Å². The van der Waals surface area contributed by atoms with Crippen molar-refractivity contribution < 1.29 is 4.79 Å². The molecule has 0 radical (unpaired) electrons. The highest BCUT2D eigenvalue weighted by atomic mass is 16.2. The molecule has 2 aliphatic rings. The first kappa shape index (κ1) is 14.5. The summed E-state index contributed by atoms with van der Waals surface area (Å²) in [6, 6.07) is 10.9. The lowest BCUT2D eigenvalue weighted by molar-refractivity contribution is -0.133. The first-order valence-corrected chi connectivity index (χ1v) is 7.93. The number of amides is 1. The van der Waals surface area contributed by atoms with Crippen LogP contribution in [0.15, 0.2) is 30.3 Å². The highest BCUT2D eigenvalue weighted by molar-refractivity contribution is 5.84. The van der Waals surface area contributed by atoms with E-state index in [1.807, 2.05) is 11.0 Å². The Kier molecular flexibility index (Phi) is 4.00. The number of carbonyl (C=O) groups excluding carboxylic acids is 1. The SMILES string of the molecule is CC(C)N1CCC(N2C[C@@H](N)[C@H](c3ccccc3)C2)C1=O. The summed E-state index contributed by atoms with van der Waals surface area (Å²) in [6.07, 6.45) is 0.936. The third kappa shape index (κ3) is 2.70. The maximum Gasteiger partial charge on any atom is 0.240 e. The Balaban J connectivity index is 1.71. The van der Waals surface area contributed by atoms with E-state index in [4.69, 9.17) is 5.73 Å². The monoisotopic (exact) mass is 287 g/mol. The first-order chi connectivity index (χ1) is 10.1. The quantitative estimate of drug-likeness (QED) is 0.915. The number of hydrogen-bond donors (Lipinski definition) is 1. The number of likely N-dealkylation sites (tertiary alicyclic amines) is 2. The van der Waals surface area contributed by atoms with Crippen LogP contribution in [0.5, 0.6) is 0 Å². The van der Waals surface area contributed by atoms with Crippen LogP contribution in [0.25, 0.3) is 0 Å². The average Bonchev–Trinajstić information content (AvgIpc) is 3.03. The Hall–Kier alpha value is -1.39. The van der Waals surface area contributed by atoms with E-state index in [1.54, 1.807) is 0 Å². The number of nitrogens with two attached hydrogens (primary N) is 1. The summed E-state index contributed by atoms with van der Waals surface area (Å²) in [5.74, 6) is 0.623. The highest BCUT2D eigenvalue weighted by Crippen LogP contribution is 2.30. The standard InChI is InChI=1S/C17H25N3O/c1-12(2)20-9-8-16(17(20)21)19-10-14(15(18)11-19)13-6-4-3-5-7-13/h3-7,12,14-16H,8-11,18H2,1-2H3/t14-,15+,16?/m0/s1. The molecule has 2 aliphatic heterocycles. The van der Waals surface area contributed by atoms with Gasteiger partial charge in [-0.15, -0.1) is 0 Å². The van der Waals surface area contributed by atoms with Gasteiger partial charge in [-0.05, 0) is 25.8 Å². The van der Waals surface area contributed by atoms with Gasteiger partial charge in [0.05, 0.1) is 6.04 Å². The number of hydrogen-bond acceptors (Lipinski definition) is 3. The van der Waals surface area contributed by atoms with Gasteiger partial charge in [-0.2, -0.15) is 0 Å². The minimum Gasteiger partial charge on any atom is -0.339 e. The molecular formula is C17H25N3O.